The van der Waals surface area contributed by atoms with Crippen molar-refractivity contribution in [3.63, 3.8) is 0 Å². The molecule has 0 amide bonds. The van der Waals surface area contributed by atoms with E-state index in [0.29, 0.717) is 11.3 Å². The van der Waals surface area contributed by atoms with Crippen LogP contribution in [0.25, 0.3) is 0 Å². The number of rotatable bonds is 2. The summed E-state index contributed by atoms with van der Waals surface area (Å²) in [5, 5.41) is 17.7. The molecule has 0 unspecified atom stereocenters. The average Bonchev–Trinajstić information content (AvgIpc) is 2.04. The van der Waals surface area contributed by atoms with Crippen molar-refractivity contribution in [3.8, 4) is 0 Å². The lowest BCUT2D eigenvalue weighted by Crippen LogP contribution is -1.98. The third-order valence-corrected chi connectivity index (χ3v) is 2.07. The Kier molecular flexibility index (Phi) is 2.81. The lowest BCUT2D eigenvalue weighted by atomic mass is 10.2. The Labute approximate surface area is 87.7 Å². The Hall–Kier alpha value is -1.18. The molecule has 0 aromatic heterocycles. The summed E-state index contributed by atoms with van der Waals surface area (Å²) in [5.41, 5.74) is 6.25. The highest BCUT2D eigenvalue weighted by Crippen LogP contribution is 2.21. The zero-order valence-corrected chi connectivity index (χ0v) is 8.61. The van der Waals surface area contributed by atoms with E-state index in [-0.39, 0.29) is 9.41 Å². The second-order valence-electron chi connectivity index (χ2n) is 2.34. The van der Waals surface area contributed by atoms with Crippen LogP contribution in [-0.2, 0) is 0 Å². The summed E-state index contributed by atoms with van der Waals surface area (Å²) in [4.78, 5) is 9.87. The van der Waals surface area contributed by atoms with Crippen LogP contribution in [0.1, 0.15) is 5.56 Å². The van der Waals surface area contributed by atoms with Gasteiger partial charge in [-0.3, -0.25) is 15.5 Å². The summed E-state index contributed by atoms with van der Waals surface area (Å²) in [6.45, 7) is 0. The van der Waals surface area contributed by atoms with E-state index in [2.05, 4.69) is 0 Å². The fourth-order valence-electron chi connectivity index (χ4n) is 0.848. The molecule has 0 heterocycles. The number of nitrogen functional groups attached to an aromatic ring is 1. The Balaban J connectivity index is 3.27. The number of hydrogen-bond acceptors (Lipinski definition) is 4. The maximum atomic E-state index is 10.4. The second kappa shape index (κ2) is 3.69. The van der Waals surface area contributed by atoms with E-state index >= 15 is 0 Å². The number of nitrogens with two attached hydrogens (primary N) is 1. The van der Waals surface area contributed by atoms with E-state index in [1.807, 2.05) is 0 Å². The highest BCUT2D eigenvalue weighted by molar-refractivity contribution is 14.1. The van der Waals surface area contributed by atoms with Gasteiger partial charge in [-0.1, -0.05) is 0 Å². The van der Waals surface area contributed by atoms with Gasteiger partial charge in [-0.05, 0) is 28.7 Å². The maximum absolute atomic E-state index is 10.4. The van der Waals surface area contributed by atoms with Crippen LogP contribution >= 0.6 is 22.6 Å². The highest BCUT2D eigenvalue weighted by atomic mass is 127. The number of nitro benzene ring substituents is 1. The molecule has 1 aromatic rings. The summed E-state index contributed by atoms with van der Waals surface area (Å²) in [6, 6.07) is 4.04. The molecule has 68 valence electrons. The van der Waals surface area contributed by atoms with Crippen LogP contribution in [0.15, 0.2) is 18.2 Å². The molecule has 0 radical (unpaired) electrons. The molecule has 0 saturated heterocycles. The van der Waals surface area contributed by atoms with Crippen molar-refractivity contribution in [2.24, 2.45) is 0 Å². The van der Waals surface area contributed by atoms with Gasteiger partial charge in [-0.2, -0.15) is 0 Å². The molecule has 0 fully saturated rings. The van der Waals surface area contributed by atoms with Gasteiger partial charge in [0.2, 0.25) is 0 Å². The molecule has 1 rings (SSSR count). The zero-order valence-electron chi connectivity index (χ0n) is 6.45. The van der Waals surface area contributed by atoms with Gasteiger partial charge in [0, 0.05) is 23.4 Å². The average molecular weight is 291 g/mol. The van der Waals surface area contributed by atoms with Gasteiger partial charge in [0.15, 0.2) is 0 Å². The van der Waals surface area contributed by atoms with Gasteiger partial charge in [0.05, 0.1) is 4.92 Å². The second-order valence-corrected chi connectivity index (χ2v) is 3.42. The normalized spacial score (nSPS) is 9.62. The SMILES string of the molecule is N=C(I)c1cc([N+](=O)[O-])ccc1N. The number of nitrogens with one attached hydrogen (secondary N) is 1. The van der Waals surface area contributed by atoms with Crippen LogP contribution in [-0.4, -0.2) is 8.64 Å². The van der Waals surface area contributed by atoms with Crippen LogP contribution in [0, 0.1) is 15.5 Å². The molecule has 13 heavy (non-hydrogen) atoms. The number of nitro groups is 1. The third-order valence-electron chi connectivity index (χ3n) is 1.48. The predicted octanol–water partition coefficient (Wildman–Crippen LogP) is 1.94. The lowest BCUT2D eigenvalue weighted by Gasteiger charge is -2.01. The Bertz CT molecular complexity index is 378. The van der Waals surface area contributed by atoms with E-state index in [1.54, 1.807) is 22.6 Å². The van der Waals surface area contributed by atoms with Gasteiger partial charge in [-0.25, -0.2) is 0 Å². The van der Waals surface area contributed by atoms with Gasteiger partial charge in [0.25, 0.3) is 5.69 Å². The van der Waals surface area contributed by atoms with Crippen LogP contribution < -0.4 is 5.73 Å². The molecule has 0 spiro atoms. The van der Waals surface area contributed by atoms with Crippen LogP contribution in [0.5, 0.6) is 0 Å². The number of benzene rings is 1. The monoisotopic (exact) mass is 291 g/mol. The van der Waals surface area contributed by atoms with Crippen molar-refractivity contribution in [2.45, 2.75) is 0 Å². The number of non-ortho nitro benzene ring substituents is 1. The molecule has 6 heteroatoms. The van der Waals surface area contributed by atoms with E-state index in [4.69, 9.17) is 11.1 Å². The molecule has 3 N–H and O–H groups in total. The lowest BCUT2D eigenvalue weighted by molar-refractivity contribution is -0.384. The fraction of sp³-hybridized carbons (Fsp3) is 0. The standard InChI is InChI=1S/C7H6IN3O2/c8-7(10)5-3-4(11(12)13)1-2-6(5)9/h1-3,10H,9H2. The van der Waals surface area contributed by atoms with Crippen molar-refractivity contribution in [2.75, 3.05) is 5.73 Å². The maximum Gasteiger partial charge on any atom is 0.270 e. The van der Waals surface area contributed by atoms with E-state index < -0.39 is 4.92 Å². The van der Waals surface area contributed by atoms with Crippen molar-refractivity contribution < 1.29 is 4.92 Å². The van der Waals surface area contributed by atoms with Crippen LogP contribution in [0.3, 0.4) is 0 Å². The van der Waals surface area contributed by atoms with E-state index in [0.717, 1.165) is 0 Å². The molecular weight excluding hydrogens is 285 g/mol. The molecule has 0 aliphatic rings. The molecule has 0 saturated carbocycles. The molecular formula is C7H6IN3O2. The highest BCUT2D eigenvalue weighted by Gasteiger charge is 2.10. The topological polar surface area (TPSA) is 93.0 Å². The summed E-state index contributed by atoms with van der Waals surface area (Å²) in [5.74, 6) is 0. The van der Waals surface area contributed by atoms with Crippen molar-refractivity contribution in [3.05, 3.63) is 33.9 Å². The smallest absolute Gasteiger partial charge is 0.270 e. The first-order valence-electron chi connectivity index (χ1n) is 3.30. The third kappa shape index (κ3) is 2.14. The van der Waals surface area contributed by atoms with Gasteiger partial charge >= 0.3 is 0 Å². The van der Waals surface area contributed by atoms with Crippen molar-refractivity contribution in [1.29, 1.82) is 5.41 Å². The number of halogens is 1. The number of hydrogen-bond donors (Lipinski definition) is 2. The van der Waals surface area contributed by atoms with Crippen LogP contribution in [0.2, 0.25) is 0 Å². The van der Waals surface area contributed by atoms with Crippen LogP contribution in [0.4, 0.5) is 11.4 Å². The van der Waals surface area contributed by atoms with E-state index in [1.165, 1.54) is 18.2 Å². The van der Waals surface area contributed by atoms with Gasteiger partial charge in [-0.15, -0.1) is 0 Å². The Morgan fingerprint density at radius 2 is 2.23 bits per heavy atom. The summed E-state index contributed by atoms with van der Waals surface area (Å²) in [6.07, 6.45) is 0. The Morgan fingerprint density at radius 3 is 2.69 bits per heavy atom. The first-order valence-corrected chi connectivity index (χ1v) is 4.38. The summed E-state index contributed by atoms with van der Waals surface area (Å²) in [7, 11) is 0. The van der Waals surface area contributed by atoms with Crippen molar-refractivity contribution in [1.82, 2.24) is 0 Å². The van der Waals surface area contributed by atoms with Crippen molar-refractivity contribution >= 4 is 37.7 Å². The first-order chi connectivity index (χ1) is 6.02. The molecule has 0 atom stereocenters. The minimum Gasteiger partial charge on any atom is -0.398 e. The molecule has 1 aromatic carbocycles. The quantitative estimate of drug-likeness (QED) is 0.287. The summed E-state index contributed by atoms with van der Waals surface area (Å²) >= 11 is 1.75. The molecule has 0 aliphatic heterocycles. The first kappa shape index (κ1) is 9.90. The predicted molar refractivity (Wildman–Crippen MR) is 58.4 cm³/mol. The minimum atomic E-state index is -0.511. The summed E-state index contributed by atoms with van der Waals surface area (Å²) < 4.78 is 0.193. The molecule has 0 bridgehead atoms. The van der Waals surface area contributed by atoms with Gasteiger partial charge < -0.3 is 5.73 Å². The number of anilines is 1. The molecule has 5 nitrogen and oxygen atoms in total. The minimum absolute atomic E-state index is 0.0504. The largest absolute Gasteiger partial charge is 0.398 e. The van der Waals surface area contributed by atoms with Gasteiger partial charge in [0.1, 0.15) is 3.72 Å². The zero-order chi connectivity index (χ0) is 10.0. The fourth-order valence-corrected chi connectivity index (χ4v) is 1.32. The Morgan fingerprint density at radius 1 is 1.62 bits per heavy atom. The number of nitrogens with zero attached hydrogens (tertiary/aromatic N) is 1. The van der Waals surface area contributed by atoms with E-state index in [9.17, 15) is 10.1 Å². The molecule has 0 aliphatic carbocycles.